The maximum absolute atomic E-state index is 12.6. The van der Waals surface area contributed by atoms with Crippen molar-refractivity contribution in [1.29, 1.82) is 10.8 Å². The first kappa shape index (κ1) is 27.3. The minimum Gasteiger partial charge on any atom is -0.346 e. The third kappa shape index (κ3) is 7.34. The van der Waals surface area contributed by atoms with Crippen LogP contribution in [0.5, 0.6) is 0 Å². The molecule has 0 spiro atoms. The van der Waals surface area contributed by atoms with Gasteiger partial charge in [0.25, 0.3) is 0 Å². The average molecular weight is 495 g/mol. The van der Waals surface area contributed by atoms with E-state index in [0.717, 1.165) is 22.4 Å². The maximum Gasteiger partial charge on any atom is 0.244 e. The first-order valence-corrected chi connectivity index (χ1v) is 12.3. The second-order valence-corrected chi connectivity index (χ2v) is 9.06. The molecule has 0 bridgehead atoms. The Morgan fingerprint density at radius 2 is 1.62 bits per heavy atom. The van der Waals surface area contributed by atoms with E-state index in [1.807, 2.05) is 85.5 Å². The number of amidine groups is 1. The number of nitrogens with one attached hydrogen (secondary N) is 3. The zero-order valence-electron chi connectivity index (χ0n) is 21.8. The van der Waals surface area contributed by atoms with Crippen LogP contribution in [-0.4, -0.2) is 23.2 Å². The number of Topliss-reactive ketones (excluding diaryl/α,β-unsaturated/α-hetero) is 1. The van der Waals surface area contributed by atoms with Crippen LogP contribution >= 0.6 is 0 Å². The number of ketones is 1. The summed E-state index contributed by atoms with van der Waals surface area (Å²) in [7, 11) is 0. The van der Waals surface area contributed by atoms with E-state index < -0.39 is 0 Å². The monoisotopic (exact) mass is 494 g/mol. The SMILES string of the molecule is CC[C@H](NC(=O)/C=C\C(=N)c1cccc(CN(C(C)=N)c2ccccc2C)c1)c1cccc(C(C)=O)c1. The summed E-state index contributed by atoms with van der Waals surface area (Å²) in [6.45, 7) is 7.78. The topological polar surface area (TPSA) is 97.1 Å². The number of hydrogen-bond donors (Lipinski definition) is 3. The molecule has 0 fully saturated rings. The van der Waals surface area contributed by atoms with Gasteiger partial charge in [-0.05, 0) is 73.7 Å². The number of para-hydroxylation sites is 1. The van der Waals surface area contributed by atoms with Gasteiger partial charge in [-0.1, -0.05) is 61.5 Å². The molecule has 6 nitrogen and oxygen atoms in total. The smallest absolute Gasteiger partial charge is 0.244 e. The predicted octanol–water partition coefficient (Wildman–Crippen LogP) is 6.39. The number of nitrogens with zero attached hydrogens (tertiary/aromatic N) is 1. The lowest BCUT2D eigenvalue weighted by Gasteiger charge is -2.25. The summed E-state index contributed by atoms with van der Waals surface area (Å²) in [6.07, 6.45) is 3.53. The van der Waals surface area contributed by atoms with Gasteiger partial charge in [-0.3, -0.25) is 15.0 Å². The van der Waals surface area contributed by atoms with E-state index >= 15 is 0 Å². The number of aryl methyl sites for hydroxylation is 1. The normalized spacial score (nSPS) is 11.7. The summed E-state index contributed by atoms with van der Waals surface area (Å²) < 4.78 is 0. The van der Waals surface area contributed by atoms with Gasteiger partial charge in [-0.25, -0.2) is 0 Å². The van der Waals surface area contributed by atoms with Gasteiger partial charge >= 0.3 is 0 Å². The molecule has 0 aliphatic carbocycles. The Kier molecular flexibility index (Phi) is 9.27. The Bertz CT molecular complexity index is 1340. The van der Waals surface area contributed by atoms with E-state index in [4.69, 9.17) is 10.8 Å². The van der Waals surface area contributed by atoms with Crippen LogP contribution in [0.4, 0.5) is 5.69 Å². The highest BCUT2D eigenvalue weighted by Gasteiger charge is 2.14. The number of carbonyl (C=O) groups excluding carboxylic acids is 2. The van der Waals surface area contributed by atoms with Crippen molar-refractivity contribution in [2.24, 2.45) is 0 Å². The highest BCUT2D eigenvalue weighted by Crippen LogP contribution is 2.23. The van der Waals surface area contributed by atoms with E-state index in [9.17, 15) is 9.59 Å². The lowest BCUT2D eigenvalue weighted by Crippen LogP contribution is -2.28. The largest absolute Gasteiger partial charge is 0.346 e. The molecule has 3 rings (SSSR count). The van der Waals surface area contributed by atoms with Crippen LogP contribution in [0.25, 0.3) is 0 Å². The molecule has 3 aromatic carbocycles. The van der Waals surface area contributed by atoms with Crippen LogP contribution in [-0.2, 0) is 11.3 Å². The highest BCUT2D eigenvalue weighted by molar-refractivity contribution is 6.09. The van der Waals surface area contributed by atoms with Crippen molar-refractivity contribution in [1.82, 2.24) is 5.32 Å². The van der Waals surface area contributed by atoms with Crippen molar-refractivity contribution in [2.75, 3.05) is 4.90 Å². The molecule has 0 radical (unpaired) electrons. The van der Waals surface area contributed by atoms with Gasteiger partial charge in [-0.2, -0.15) is 0 Å². The van der Waals surface area contributed by atoms with Crippen molar-refractivity contribution in [3.63, 3.8) is 0 Å². The summed E-state index contributed by atoms with van der Waals surface area (Å²) in [4.78, 5) is 26.3. The number of amides is 1. The third-order valence-corrected chi connectivity index (χ3v) is 6.21. The number of rotatable bonds is 10. The van der Waals surface area contributed by atoms with Crippen LogP contribution < -0.4 is 10.2 Å². The van der Waals surface area contributed by atoms with E-state index in [1.54, 1.807) is 13.0 Å². The van der Waals surface area contributed by atoms with Crippen LogP contribution in [0.3, 0.4) is 0 Å². The molecule has 0 aliphatic rings. The van der Waals surface area contributed by atoms with E-state index in [1.165, 1.54) is 19.1 Å². The van der Waals surface area contributed by atoms with Crippen LogP contribution in [0.1, 0.15) is 65.8 Å². The zero-order chi connectivity index (χ0) is 26.9. The zero-order valence-corrected chi connectivity index (χ0v) is 21.8. The lowest BCUT2D eigenvalue weighted by molar-refractivity contribution is -0.117. The van der Waals surface area contributed by atoms with Crippen LogP contribution in [0.2, 0.25) is 0 Å². The standard InChI is InChI=1S/C31H34N4O2/c1-5-29(27-14-9-12-25(19-27)22(3)36)34-31(37)17-16-28(33)26-13-8-11-24(18-26)20-35(23(4)32)30-15-7-6-10-21(30)2/h6-19,29,32-33H,5,20H2,1-4H3,(H,34,37)/b17-16-,32-23?,33-28?/t29-/m0/s1. The highest BCUT2D eigenvalue weighted by atomic mass is 16.1. The number of benzene rings is 3. The molecule has 0 aromatic heterocycles. The minimum absolute atomic E-state index is 0.0172. The van der Waals surface area contributed by atoms with Gasteiger partial charge in [-0.15, -0.1) is 0 Å². The van der Waals surface area contributed by atoms with Crippen molar-refractivity contribution < 1.29 is 9.59 Å². The Morgan fingerprint density at radius 3 is 2.30 bits per heavy atom. The molecule has 1 amide bonds. The Labute approximate surface area is 219 Å². The molecule has 3 N–H and O–H groups in total. The molecule has 190 valence electrons. The minimum atomic E-state index is -0.300. The molecule has 1 atom stereocenters. The van der Waals surface area contributed by atoms with Crippen molar-refractivity contribution in [3.8, 4) is 0 Å². The van der Waals surface area contributed by atoms with Gasteiger partial charge in [0.2, 0.25) is 5.91 Å². The molecule has 3 aromatic rings. The predicted molar refractivity (Wildman–Crippen MR) is 151 cm³/mol. The second kappa shape index (κ2) is 12.6. The summed E-state index contributed by atoms with van der Waals surface area (Å²) in [5, 5.41) is 19.7. The fraction of sp³-hybridized carbons (Fsp3) is 0.226. The molecule has 0 saturated carbocycles. The molecule has 0 saturated heterocycles. The summed E-state index contributed by atoms with van der Waals surface area (Å²) >= 11 is 0. The van der Waals surface area contributed by atoms with Crippen LogP contribution in [0.15, 0.2) is 84.9 Å². The fourth-order valence-corrected chi connectivity index (χ4v) is 4.14. The second-order valence-electron chi connectivity index (χ2n) is 9.06. The molecule has 0 heterocycles. The van der Waals surface area contributed by atoms with Gasteiger partial charge in [0.05, 0.1) is 17.6 Å². The number of carbonyl (C=O) groups is 2. The summed E-state index contributed by atoms with van der Waals surface area (Å²) in [6, 6.07) is 22.6. The number of allylic oxidation sites excluding steroid dienone is 1. The maximum atomic E-state index is 12.6. The molecule has 6 heteroatoms. The summed E-state index contributed by atoms with van der Waals surface area (Å²) in [5.41, 5.74) is 5.43. The van der Waals surface area contributed by atoms with E-state index in [0.29, 0.717) is 29.9 Å². The molecule has 0 unspecified atom stereocenters. The van der Waals surface area contributed by atoms with Gasteiger partial charge < -0.3 is 15.6 Å². The first-order chi connectivity index (χ1) is 17.7. The Hall–Kier alpha value is -4.32. The van der Waals surface area contributed by atoms with E-state index in [-0.39, 0.29) is 23.4 Å². The first-order valence-electron chi connectivity index (χ1n) is 12.3. The van der Waals surface area contributed by atoms with Gasteiger partial charge in [0.15, 0.2) is 5.78 Å². The van der Waals surface area contributed by atoms with Crippen molar-refractivity contribution in [3.05, 3.63) is 113 Å². The number of anilines is 1. The quantitative estimate of drug-likeness (QED) is 0.132. The van der Waals surface area contributed by atoms with Crippen LogP contribution in [0, 0.1) is 17.7 Å². The number of hydrogen-bond acceptors (Lipinski definition) is 4. The average Bonchev–Trinajstić information content (AvgIpc) is 2.89. The lowest BCUT2D eigenvalue weighted by atomic mass is 10.0. The van der Waals surface area contributed by atoms with Crippen molar-refractivity contribution in [2.45, 2.75) is 46.7 Å². The van der Waals surface area contributed by atoms with Gasteiger partial charge in [0.1, 0.15) is 0 Å². The van der Waals surface area contributed by atoms with E-state index in [2.05, 4.69) is 5.32 Å². The Balaban J connectivity index is 1.70. The fourth-order valence-electron chi connectivity index (χ4n) is 4.14. The summed E-state index contributed by atoms with van der Waals surface area (Å²) in [5.74, 6) is 0.119. The molecule has 37 heavy (non-hydrogen) atoms. The third-order valence-electron chi connectivity index (χ3n) is 6.21. The molecular formula is C31H34N4O2. The molecule has 0 aliphatic heterocycles. The van der Waals surface area contributed by atoms with Crippen molar-refractivity contribution >= 4 is 28.9 Å². The van der Waals surface area contributed by atoms with Gasteiger partial charge in [0, 0.05) is 23.9 Å². The molecular weight excluding hydrogens is 460 g/mol. The Morgan fingerprint density at radius 1 is 0.919 bits per heavy atom.